The van der Waals surface area contributed by atoms with E-state index in [1.165, 1.54) is 12.1 Å². The van der Waals surface area contributed by atoms with Crippen molar-refractivity contribution >= 4 is 5.69 Å². The zero-order valence-electron chi connectivity index (χ0n) is 10.5. The molecule has 1 rings (SSSR count). The molecule has 0 aromatic heterocycles. The number of rotatable bonds is 6. The third kappa shape index (κ3) is 3.41. The number of aliphatic hydroxyl groups is 1. The van der Waals surface area contributed by atoms with Gasteiger partial charge in [0.2, 0.25) is 0 Å². The van der Waals surface area contributed by atoms with Crippen LogP contribution in [0.25, 0.3) is 0 Å². The van der Waals surface area contributed by atoms with Crippen LogP contribution in [0.5, 0.6) is 0 Å². The van der Waals surface area contributed by atoms with E-state index in [9.17, 15) is 9.50 Å². The summed E-state index contributed by atoms with van der Waals surface area (Å²) in [6.07, 6.45) is 0. The summed E-state index contributed by atoms with van der Waals surface area (Å²) in [6, 6.07) is 6.19. The van der Waals surface area contributed by atoms with Crippen molar-refractivity contribution < 1.29 is 14.2 Å². The third-order valence-corrected chi connectivity index (χ3v) is 3.01. The largest absolute Gasteiger partial charge is 0.394 e. The summed E-state index contributed by atoms with van der Waals surface area (Å²) in [5.41, 5.74) is 0.0486. The first-order chi connectivity index (χ1) is 8.04. The molecule has 3 nitrogen and oxygen atoms in total. The molecule has 0 radical (unpaired) electrons. The Balaban J connectivity index is 2.92. The molecule has 1 aromatic carbocycles. The lowest BCUT2D eigenvalue weighted by Crippen LogP contribution is -2.51. The van der Waals surface area contributed by atoms with E-state index in [0.717, 1.165) is 0 Å². The molecule has 0 saturated heterocycles. The lowest BCUT2D eigenvalue weighted by Gasteiger charge is -2.37. The van der Waals surface area contributed by atoms with Crippen LogP contribution in [0, 0.1) is 11.7 Å². The standard InChI is InChI=1S/C13H20FNO2/c1-10(2)13(8-16,9-17-3)15-12-6-4-5-11(14)7-12/h4-7,10,15-16H,8-9H2,1-3H3. The molecule has 0 aliphatic rings. The number of ether oxygens (including phenoxy) is 1. The Morgan fingerprint density at radius 1 is 1.47 bits per heavy atom. The predicted molar refractivity (Wildman–Crippen MR) is 66.6 cm³/mol. The number of halogens is 1. The van der Waals surface area contributed by atoms with Gasteiger partial charge in [0.25, 0.3) is 0 Å². The maximum atomic E-state index is 13.1. The van der Waals surface area contributed by atoms with Gasteiger partial charge >= 0.3 is 0 Å². The zero-order valence-corrected chi connectivity index (χ0v) is 10.5. The van der Waals surface area contributed by atoms with E-state index in [2.05, 4.69) is 5.32 Å². The molecule has 0 spiro atoms. The maximum absolute atomic E-state index is 13.1. The summed E-state index contributed by atoms with van der Waals surface area (Å²) in [4.78, 5) is 0. The van der Waals surface area contributed by atoms with Crippen molar-refractivity contribution in [1.29, 1.82) is 0 Å². The van der Waals surface area contributed by atoms with Crippen LogP contribution >= 0.6 is 0 Å². The van der Waals surface area contributed by atoms with Crippen LogP contribution in [0.15, 0.2) is 24.3 Å². The number of anilines is 1. The van der Waals surface area contributed by atoms with Gasteiger partial charge in [-0.2, -0.15) is 0 Å². The topological polar surface area (TPSA) is 41.5 Å². The summed E-state index contributed by atoms with van der Waals surface area (Å²) >= 11 is 0. The summed E-state index contributed by atoms with van der Waals surface area (Å²) in [5, 5.41) is 12.7. The molecule has 2 N–H and O–H groups in total. The molecule has 96 valence electrons. The van der Waals surface area contributed by atoms with Crippen molar-refractivity contribution in [1.82, 2.24) is 0 Å². The van der Waals surface area contributed by atoms with E-state index in [0.29, 0.717) is 12.3 Å². The molecule has 1 atom stereocenters. The first-order valence-corrected chi connectivity index (χ1v) is 5.67. The quantitative estimate of drug-likeness (QED) is 0.802. The lowest BCUT2D eigenvalue weighted by atomic mass is 9.87. The van der Waals surface area contributed by atoms with E-state index in [1.54, 1.807) is 19.2 Å². The van der Waals surface area contributed by atoms with Gasteiger partial charge in [-0.25, -0.2) is 4.39 Å². The van der Waals surface area contributed by atoms with Crippen molar-refractivity contribution in [2.24, 2.45) is 5.92 Å². The smallest absolute Gasteiger partial charge is 0.125 e. The molecular formula is C13H20FNO2. The third-order valence-electron chi connectivity index (χ3n) is 3.01. The minimum Gasteiger partial charge on any atom is -0.394 e. The maximum Gasteiger partial charge on any atom is 0.125 e. The number of nitrogens with one attached hydrogen (secondary N) is 1. The second kappa shape index (κ2) is 5.98. The van der Waals surface area contributed by atoms with Crippen LogP contribution in [0.1, 0.15) is 13.8 Å². The van der Waals surface area contributed by atoms with Crippen LogP contribution < -0.4 is 5.32 Å². The van der Waals surface area contributed by atoms with Crippen LogP contribution in [0.4, 0.5) is 10.1 Å². The molecule has 0 heterocycles. The average molecular weight is 241 g/mol. The number of aliphatic hydroxyl groups excluding tert-OH is 1. The van der Waals surface area contributed by atoms with Gasteiger partial charge in [-0.15, -0.1) is 0 Å². The molecule has 0 saturated carbocycles. The van der Waals surface area contributed by atoms with Gasteiger partial charge in [-0.05, 0) is 24.1 Å². The summed E-state index contributed by atoms with van der Waals surface area (Å²) < 4.78 is 18.2. The van der Waals surface area contributed by atoms with E-state index >= 15 is 0 Å². The Morgan fingerprint density at radius 3 is 2.65 bits per heavy atom. The second-order valence-electron chi connectivity index (χ2n) is 4.54. The average Bonchev–Trinajstić information content (AvgIpc) is 2.28. The molecule has 0 fully saturated rings. The van der Waals surface area contributed by atoms with Gasteiger partial charge in [0.15, 0.2) is 0 Å². The fraction of sp³-hybridized carbons (Fsp3) is 0.538. The Kier molecular flexibility index (Phi) is 4.90. The van der Waals surface area contributed by atoms with E-state index < -0.39 is 5.54 Å². The predicted octanol–water partition coefficient (Wildman–Crippen LogP) is 2.27. The normalized spacial score (nSPS) is 14.7. The highest BCUT2D eigenvalue weighted by atomic mass is 19.1. The Bertz CT molecular complexity index is 357. The highest BCUT2D eigenvalue weighted by molar-refractivity contribution is 5.46. The van der Waals surface area contributed by atoms with Gasteiger partial charge in [0, 0.05) is 12.8 Å². The molecule has 0 bridgehead atoms. The van der Waals surface area contributed by atoms with E-state index in [-0.39, 0.29) is 18.3 Å². The van der Waals surface area contributed by atoms with Crippen LogP contribution in [0.2, 0.25) is 0 Å². The number of benzene rings is 1. The second-order valence-corrected chi connectivity index (χ2v) is 4.54. The van der Waals surface area contributed by atoms with Gasteiger partial charge in [0.05, 0.1) is 18.8 Å². The van der Waals surface area contributed by atoms with Gasteiger partial charge in [0.1, 0.15) is 5.82 Å². The molecule has 4 heteroatoms. The molecular weight excluding hydrogens is 221 g/mol. The molecule has 0 aliphatic carbocycles. The van der Waals surface area contributed by atoms with Crippen molar-refractivity contribution in [3.05, 3.63) is 30.1 Å². The molecule has 0 amide bonds. The number of hydrogen-bond donors (Lipinski definition) is 2. The van der Waals surface area contributed by atoms with Crippen LogP contribution in [0.3, 0.4) is 0 Å². The summed E-state index contributed by atoms with van der Waals surface area (Å²) in [5.74, 6) is -0.154. The monoisotopic (exact) mass is 241 g/mol. The number of hydrogen-bond acceptors (Lipinski definition) is 3. The fourth-order valence-electron chi connectivity index (χ4n) is 1.73. The first-order valence-electron chi connectivity index (χ1n) is 5.67. The van der Waals surface area contributed by atoms with E-state index in [1.807, 2.05) is 13.8 Å². The fourth-order valence-corrected chi connectivity index (χ4v) is 1.73. The molecule has 1 unspecified atom stereocenters. The SMILES string of the molecule is COCC(CO)(Nc1cccc(F)c1)C(C)C. The number of methoxy groups -OCH3 is 1. The molecule has 1 aromatic rings. The summed E-state index contributed by atoms with van der Waals surface area (Å²) in [6.45, 7) is 4.26. The lowest BCUT2D eigenvalue weighted by molar-refractivity contribution is 0.0724. The van der Waals surface area contributed by atoms with Gasteiger partial charge in [-0.3, -0.25) is 0 Å². The Hall–Kier alpha value is -1.13. The molecule has 0 aliphatic heterocycles. The van der Waals surface area contributed by atoms with E-state index in [4.69, 9.17) is 4.74 Å². The Morgan fingerprint density at radius 2 is 2.18 bits per heavy atom. The van der Waals surface area contributed by atoms with Crippen molar-refractivity contribution in [2.45, 2.75) is 19.4 Å². The molecule has 17 heavy (non-hydrogen) atoms. The highest BCUT2D eigenvalue weighted by Gasteiger charge is 2.33. The summed E-state index contributed by atoms with van der Waals surface area (Å²) in [7, 11) is 1.58. The first kappa shape index (κ1) is 13.9. The van der Waals surface area contributed by atoms with Crippen molar-refractivity contribution in [2.75, 3.05) is 25.6 Å². The van der Waals surface area contributed by atoms with Gasteiger partial charge in [-0.1, -0.05) is 19.9 Å². The van der Waals surface area contributed by atoms with Gasteiger partial charge < -0.3 is 15.2 Å². The minimum absolute atomic E-state index is 0.0744. The van der Waals surface area contributed by atoms with Crippen molar-refractivity contribution in [3.63, 3.8) is 0 Å². The Labute approximate surface area is 102 Å². The zero-order chi connectivity index (χ0) is 12.9. The van der Waals surface area contributed by atoms with Crippen LogP contribution in [-0.4, -0.2) is 31.0 Å². The highest BCUT2D eigenvalue weighted by Crippen LogP contribution is 2.24. The minimum atomic E-state index is -0.595. The van der Waals surface area contributed by atoms with Crippen LogP contribution in [-0.2, 0) is 4.74 Å². The van der Waals surface area contributed by atoms with Crippen molar-refractivity contribution in [3.8, 4) is 0 Å².